The molecule has 0 amide bonds. The second-order valence-electron chi connectivity index (χ2n) is 7.74. The van der Waals surface area contributed by atoms with Crippen LogP contribution in [-0.4, -0.2) is 67.2 Å². The van der Waals surface area contributed by atoms with Crippen molar-refractivity contribution in [3.63, 3.8) is 0 Å². The van der Waals surface area contributed by atoms with Crippen molar-refractivity contribution in [2.24, 2.45) is 10.9 Å². The Morgan fingerprint density at radius 3 is 2.77 bits per heavy atom. The summed E-state index contributed by atoms with van der Waals surface area (Å²) in [6, 6.07) is 10.3. The van der Waals surface area contributed by atoms with Crippen LogP contribution in [0.25, 0.3) is 5.69 Å². The summed E-state index contributed by atoms with van der Waals surface area (Å²) >= 11 is 0. The van der Waals surface area contributed by atoms with Crippen molar-refractivity contribution in [1.82, 2.24) is 20.0 Å². The van der Waals surface area contributed by atoms with Crippen LogP contribution >= 0.6 is 0 Å². The van der Waals surface area contributed by atoms with Gasteiger partial charge in [0.05, 0.1) is 37.7 Å². The van der Waals surface area contributed by atoms with E-state index in [0.717, 1.165) is 55.7 Å². The maximum absolute atomic E-state index is 5.73. The van der Waals surface area contributed by atoms with Gasteiger partial charge in [0.1, 0.15) is 0 Å². The Hall–Kier alpha value is -2.38. The number of benzene rings is 1. The molecular formula is C23H35N5O2. The van der Waals surface area contributed by atoms with Crippen LogP contribution in [0.1, 0.15) is 30.3 Å². The molecule has 1 aliphatic rings. The smallest absolute Gasteiger partial charge is 0.194 e. The molecule has 1 aromatic carbocycles. The third-order valence-corrected chi connectivity index (χ3v) is 5.53. The SMILES string of the molecule is CCNC(=NCc1c(C)nn(-c2ccccc2)c1C)N1CCC(COCCOC)C1. The van der Waals surface area contributed by atoms with Gasteiger partial charge in [0, 0.05) is 43.9 Å². The number of guanidine groups is 1. The molecule has 2 aromatic rings. The van der Waals surface area contributed by atoms with Gasteiger partial charge in [-0.05, 0) is 39.3 Å². The van der Waals surface area contributed by atoms with Crippen molar-refractivity contribution in [3.05, 3.63) is 47.3 Å². The predicted molar refractivity (Wildman–Crippen MR) is 120 cm³/mol. The average Bonchev–Trinajstić information content (AvgIpc) is 3.34. The molecule has 0 spiro atoms. The van der Waals surface area contributed by atoms with Gasteiger partial charge in [-0.15, -0.1) is 0 Å². The first kappa shape index (κ1) is 22.3. The van der Waals surface area contributed by atoms with Crippen LogP contribution in [-0.2, 0) is 16.0 Å². The van der Waals surface area contributed by atoms with Crippen LogP contribution in [0, 0.1) is 19.8 Å². The van der Waals surface area contributed by atoms with Crippen molar-refractivity contribution in [2.45, 2.75) is 33.7 Å². The van der Waals surface area contributed by atoms with Gasteiger partial charge in [0.25, 0.3) is 0 Å². The number of ether oxygens (including phenoxy) is 2. The van der Waals surface area contributed by atoms with Crippen LogP contribution < -0.4 is 5.32 Å². The zero-order valence-corrected chi connectivity index (χ0v) is 18.7. The summed E-state index contributed by atoms with van der Waals surface area (Å²) in [5.41, 5.74) is 4.44. The Bertz CT molecular complexity index is 819. The molecule has 30 heavy (non-hydrogen) atoms. The van der Waals surface area contributed by atoms with Crippen molar-refractivity contribution in [1.29, 1.82) is 0 Å². The lowest BCUT2D eigenvalue weighted by Gasteiger charge is -2.21. The molecule has 0 radical (unpaired) electrons. The molecule has 1 atom stereocenters. The number of aryl methyl sites for hydroxylation is 1. The molecule has 7 heteroatoms. The third kappa shape index (κ3) is 5.61. The summed E-state index contributed by atoms with van der Waals surface area (Å²) < 4.78 is 12.8. The number of para-hydroxylation sites is 1. The minimum absolute atomic E-state index is 0.537. The van der Waals surface area contributed by atoms with Gasteiger partial charge in [0.2, 0.25) is 0 Å². The highest BCUT2D eigenvalue weighted by Crippen LogP contribution is 2.20. The van der Waals surface area contributed by atoms with Crippen LogP contribution in [0.15, 0.2) is 35.3 Å². The van der Waals surface area contributed by atoms with Crippen molar-refractivity contribution < 1.29 is 9.47 Å². The van der Waals surface area contributed by atoms with E-state index in [1.54, 1.807) is 7.11 Å². The number of nitrogens with one attached hydrogen (secondary N) is 1. The van der Waals surface area contributed by atoms with Crippen molar-refractivity contribution in [2.75, 3.05) is 46.6 Å². The number of aromatic nitrogens is 2. The van der Waals surface area contributed by atoms with Crippen LogP contribution in [0.5, 0.6) is 0 Å². The molecule has 0 aliphatic carbocycles. The van der Waals surface area contributed by atoms with E-state index >= 15 is 0 Å². The molecule has 1 unspecified atom stereocenters. The van der Waals surface area contributed by atoms with Gasteiger partial charge < -0.3 is 19.7 Å². The van der Waals surface area contributed by atoms with E-state index in [4.69, 9.17) is 19.6 Å². The summed E-state index contributed by atoms with van der Waals surface area (Å²) in [7, 11) is 1.70. The maximum Gasteiger partial charge on any atom is 0.194 e. The van der Waals surface area contributed by atoms with E-state index in [1.807, 2.05) is 22.9 Å². The van der Waals surface area contributed by atoms with E-state index in [2.05, 4.69) is 43.1 Å². The summed E-state index contributed by atoms with van der Waals surface area (Å²) in [6.45, 7) is 11.8. The number of hydrogen-bond donors (Lipinski definition) is 1. The molecule has 7 nitrogen and oxygen atoms in total. The Kier molecular flexibility index (Phi) is 8.28. The van der Waals surface area contributed by atoms with Gasteiger partial charge in [-0.3, -0.25) is 0 Å². The molecule has 1 saturated heterocycles. The van der Waals surface area contributed by atoms with Crippen LogP contribution in [0.4, 0.5) is 0 Å². The highest BCUT2D eigenvalue weighted by Gasteiger charge is 2.25. The fourth-order valence-electron chi connectivity index (χ4n) is 3.86. The van der Waals surface area contributed by atoms with E-state index in [0.29, 0.717) is 25.7 Å². The van der Waals surface area contributed by atoms with Crippen LogP contribution in [0.2, 0.25) is 0 Å². The van der Waals surface area contributed by atoms with Gasteiger partial charge in [-0.1, -0.05) is 18.2 Å². The summed E-state index contributed by atoms with van der Waals surface area (Å²) in [6.07, 6.45) is 1.13. The zero-order chi connectivity index (χ0) is 21.3. The highest BCUT2D eigenvalue weighted by molar-refractivity contribution is 5.80. The van der Waals surface area contributed by atoms with Gasteiger partial charge in [-0.25, -0.2) is 9.67 Å². The Morgan fingerprint density at radius 1 is 1.23 bits per heavy atom. The van der Waals surface area contributed by atoms with Crippen molar-refractivity contribution in [3.8, 4) is 5.69 Å². The Balaban J connectivity index is 1.66. The monoisotopic (exact) mass is 413 g/mol. The largest absolute Gasteiger partial charge is 0.382 e. The lowest BCUT2D eigenvalue weighted by atomic mass is 10.1. The number of likely N-dealkylation sites (tertiary alicyclic amines) is 1. The summed E-state index contributed by atoms with van der Waals surface area (Å²) in [5, 5.41) is 8.21. The minimum Gasteiger partial charge on any atom is -0.382 e. The molecule has 1 aliphatic heterocycles. The fourth-order valence-corrected chi connectivity index (χ4v) is 3.86. The summed E-state index contributed by atoms with van der Waals surface area (Å²) in [5.74, 6) is 1.51. The summed E-state index contributed by atoms with van der Waals surface area (Å²) in [4.78, 5) is 7.30. The second kappa shape index (κ2) is 11.1. The highest BCUT2D eigenvalue weighted by atomic mass is 16.5. The third-order valence-electron chi connectivity index (χ3n) is 5.53. The van der Waals surface area contributed by atoms with Crippen molar-refractivity contribution >= 4 is 5.96 Å². The second-order valence-corrected chi connectivity index (χ2v) is 7.74. The van der Waals surface area contributed by atoms with E-state index in [9.17, 15) is 0 Å². The average molecular weight is 414 g/mol. The fraction of sp³-hybridized carbons (Fsp3) is 0.565. The zero-order valence-electron chi connectivity index (χ0n) is 18.7. The number of nitrogens with zero attached hydrogens (tertiary/aromatic N) is 4. The van der Waals surface area contributed by atoms with Crippen LogP contribution in [0.3, 0.4) is 0 Å². The van der Waals surface area contributed by atoms with Gasteiger partial charge in [0.15, 0.2) is 5.96 Å². The number of rotatable bonds is 9. The van der Waals surface area contributed by atoms with E-state index < -0.39 is 0 Å². The first-order valence-electron chi connectivity index (χ1n) is 10.8. The molecule has 1 fully saturated rings. The standard InChI is InChI=1S/C23H35N5O2/c1-5-24-23(27-12-11-20(16-27)17-30-14-13-29-4)25-15-22-18(2)26-28(19(22)3)21-9-7-6-8-10-21/h6-10,20H,5,11-17H2,1-4H3,(H,24,25). The number of methoxy groups -OCH3 is 1. The molecule has 3 rings (SSSR count). The maximum atomic E-state index is 5.73. The molecule has 1 N–H and O–H groups in total. The molecular weight excluding hydrogens is 378 g/mol. The molecule has 0 saturated carbocycles. The quantitative estimate of drug-likeness (QED) is 0.389. The molecule has 2 heterocycles. The van der Waals surface area contributed by atoms with Gasteiger partial charge in [-0.2, -0.15) is 5.10 Å². The molecule has 1 aromatic heterocycles. The van der Waals surface area contributed by atoms with E-state index in [-0.39, 0.29) is 0 Å². The van der Waals surface area contributed by atoms with Gasteiger partial charge >= 0.3 is 0 Å². The molecule has 164 valence electrons. The first-order chi connectivity index (χ1) is 14.6. The van der Waals surface area contributed by atoms with E-state index in [1.165, 1.54) is 5.56 Å². The first-order valence-corrected chi connectivity index (χ1v) is 10.8. The number of aliphatic imine (C=N–C) groups is 1. The topological polar surface area (TPSA) is 63.9 Å². The molecule has 0 bridgehead atoms. The Morgan fingerprint density at radius 2 is 2.03 bits per heavy atom. The number of hydrogen-bond acceptors (Lipinski definition) is 4. The predicted octanol–water partition coefficient (Wildman–Crippen LogP) is 2.94. The minimum atomic E-state index is 0.537. The lowest BCUT2D eigenvalue weighted by Crippen LogP contribution is -2.40. The Labute approximate surface area is 180 Å². The lowest BCUT2D eigenvalue weighted by molar-refractivity contribution is 0.0536. The normalized spacial score (nSPS) is 17.0.